The molecule has 2 aromatic heterocycles. The molecule has 0 aliphatic carbocycles. The van der Waals surface area contributed by atoms with E-state index in [2.05, 4.69) is 174 Å². The summed E-state index contributed by atoms with van der Waals surface area (Å²) in [5.41, 5.74) is 15.6. The van der Waals surface area contributed by atoms with Gasteiger partial charge in [-0.25, -0.2) is 24.5 Å². The maximum atomic E-state index is 8.66. The number of benzene rings is 10. The molecular formula is C67H42N8. The van der Waals surface area contributed by atoms with Crippen LogP contribution < -0.4 is 9.80 Å². The molecule has 0 unspecified atom stereocenters. The fraction of sp³-hybridized carbons (Fsp3) is 0. The number of para-hydroxylation sites is 6. The highest BCUT2D eigenvalue weighted by molar-refractivity contribution is 6.12. The maximum Gasteiger partial charge on any atom is 0.211 e. The lowest BCUT2D eigenvalue weighted by atomic mass is 10.0. The van der Waals surface area contributed by atoms with Crippen LogP contribution in [0.1, 0.15) is 0 Å². The summed E-state index contributed by atoms with van der Waals surface area (Å²) in [5.74, 6) is 0.405. The highest BCUT2D eigenvalue weighted by Crippen LogP contribution is 2.45. The minimum Gasteiger partial charge on any atom is -0.319 e. The summed E-state index contributed by atoms with van der Waals surface area (Å²) in [4.78, 5) is 26.2. The zero-order chi connectivity index (χ0) is 50.7. The van der Waals surface area contributed by atoms with Crippen molar-refractivity contribution in [2.24, 2.45) is 0 Å². The van der Waals surface area contributed by atoms with Crippen LogP contribution in [-0.2, 0) is 0 Å². The van der Waals surface area contributed by atoms with Crippen molar-refractivity contribution in [3.05, 3.63) is 289 Å². The molecule has 2 heterocycles. The van der Waals surface area contributed by atoms with Crippen LogP contribution in [0.25, 0.3) is 87.1 Å². The Hall–Kier alpha value is -10.9. The Morgan fingerprint density at radius 1 is 0.320 bits per heavy atom. The van der Waals surface area contributed by atoms with E-state index in [9.17, 15) is 0 Å². The second kappa shape index (κ2) is 19.7. The lowest BCUT2D eigenvalue weighted by Crippen LogP contribution is -2.09. The largest absolute Gasteiger partial charge is 0.319 e. The summed E-state index contributed by atoms with van der Waals surface area (Å²) in [6.07, 6.45) is 0. The van der Waals surface area contributed by atoms with Gasteiger partial charge in [0.25, 0.3) is 0 Å². The average Bonchev–Trinajstić information content (AvgIpc) is 3.81. The molecule has 350 valence electrons. The molecule has 12 aromatic rings. The lowest BCUT2D eigenvalue weighted by Gasteiger charge is -2.26. The molecule has 0 atom stereocenters. The Kier molecular flexibility index (Phi) is 11.9. The fourth-order valence-corrected chi connectivity index (χ4v) is 9.96. The molecule has 12 rings (SSSR count). The number of aromatic nitrogens is 3. The van der Waals surface area contributed by atoms with E-state index >= 15 is 0 Å². The van der Waals surface area contributed by atoms with Crippen molar-refractivity contribution in [1.82, 2.24) is 14.5 Å². The van der Waals surface area contributed by atoms with Gasteiger partial charge in [0.2, 0.25) is 5.69 Å². The monoisotopic (exact) mass is 958 g/mol. The third-order valence-corrected chi connectivity index (χ3v) is 13.4. The number of hydrogen-bond acceptors (Lipinski definition) is 4. The van der Waals surface area contributed by atoms with E-state index in [1.165, 1.54) is 0 Å². The Bertz CT molecular complexity index is 3910. The van der Waals surface area contributed by atoms with Crippen LogP contribution in [0.5, 0.6) is 0 Å². The zero-order valence-electron chi connectivity index (χ0n) is 40.3. The van der Waals surface area contributed by atoms with Crippen LogP contribution in [-0.4, -0.2) is 14.5 Å². The van der Waals surface area contributed by atoms with Crippen LogP contribution in [0.15, 0.2) is 255 Å². The van der Waals surface area contributed by atoms with E-state index < -0.39 is 0 Å². The summed E-state index contributed by atoms with van der Waals surface area (Å²) in [6, 6.07) is 85.8. The molecule has 8 nitrogen and oxygen atoms in total. The molecule has 0 saturated carbocycles. The number of nitrogens with zero attached hydrogens (tertiary/aromatic N) is 8. The summed E-state index contributed by atoms with van der Waals surface area (Å²) >= 11 is 0. The molecule has 75 heavy (non-hydrogen) atoms. The van der Waals surface area contributed by atoms with Crippen LogP contribution in [0.3, 0.4) is 0 Å². The summed E-state index contributed by atoms with van der Waals surface area (Å²) in [5, 5.41) is 2.09. The first kappa shape index (κ1) is 45.3. The first-order chi connectivity index (χ1) is 37.1. The SMILES string of the molecule is [C-]#[N+]c1ccccc1-c1cc(-c2ccc(-c3ccc(-n4c5ccc(N(c6ccccc6)c6ccccc6)cc5c5cc(N(c6ccccc6)c6ccccc6)ccc54)c([N+]#[C-])c3)cc2)nc(-c2ccccc2[N+]#[C-])n1. The first-order valence-corrected chi connectivity index (χ1v) is 24.4. The van der Waals surface area contributed by atoms with Gasteiger partial charge in [-0.1, -0.05) is 152 Å². The van der Waals surface area contributed by atoms with E-state index in [1.807, 2.05) is 97.1 Å². The predicted molar refractivity (Wildman–Crippen MR) is 306 cm³/mol. The Balaban J connectivity index is 0.983. The minimum atomic E-state index is 0.405. The molecule has 0 bridgehead atoms. The lowest BCUT2D eigenvalue weighted by molar-refractivity contribution is 1.18. The van der Waals surface area contributed by atoms with Gasteiger partial charge in [-0.2, -0.15) is 0 Å². The molecule has 0 aliphatic heterocycles. The van der Waals surface area contributed by atoms with Gasteiger partial charge in [0, 0.05) is 61.6 Å². The van der Waals surface area contributed by atoms with Crippen molar-refractivity contribution in [3.63, 3.8) is 0 Å². The highest BCUT2D eigenvalue weighted by Gasteiger charge is 2.22. The van der Waals surface area contributed by atoms with Crippen LogP contribution >= 0.6 is 0 Å². The van der Waals surface area contributed by atoms with Gasteiger partial charge in [-0.05, 0) is 114 Å². The van der Waals surface area contributed by atoms with Crippen molar-refractivity contribution in [3.8, 4) is 50.7 Å². The van der Waals surface area contributed by atoms with Crippen molar-refractivity contribution >= 4 is 73.0 Å². The molecule has 0 N–H and O–H groups in total. The van der Waals surface area contributed by atoms with E-state index in [0.717, 1.165) is 78.3 Å². The topological polar surface area (TPSA) is 50.3 Å². The van der Waals surface area contributed by atoms with E-state index in [0.29, 0.717) is 45.4 Å². The van der Waals surface area contributed by atoms with Gasteiger partial charge in [0.05, 0.1) is 47.8 Å². The van der Waals surface area contributed by atoms with Crippen LogP contribution in [0, 0.1) is 19.7 Å². The first-order valence-electron chi connectivity index (χ1n) is 24.4. The number of rotatable bonds is 11. The molecule has 10 aromatic carbocycles. The van der Waals surface area contributed by atoms with Gasteiger partial charge in [0.1, 0.15) is 5.82 Å². The van der Waals surface area contributed by atoms with Gasteiger partial charge < -0.3 is 14.4 Å². The number of fused-ring (bicyclic) bond motifs is 3. The predicted octanol–water partition coefficient (Wildman–Crippen LogP) is 18.8. The normalized spacial score (nSPS) is 10.9. The number of hydrogen-bond donors (Lipinski definition) is 0. The average molecular weight is 959 g/mol. The third kappa shape index (κ3) is 8.55. The fourth-order valence-electron chi connectivity index (χ4n) is 9.96. The van der Waals surface area contributed by atoms with E-state index in [1.54, 1.807) is 12.1 Å². The summed E-state index contributed by atoms with van der Waals surface area (Å²) < 4.78 is 2.23. The molecule has 0 aliphatic rings. The smallest absolute Gasteiger partial charge is 0.211 e. The van der Waals surface area contributed by atoms with E-state index in [4.69, 9.17) is 29.7 Å². The molecule has 0 saturated heterocycles. The zero-order valence-corrected chi connectivity index (χ0v) is 40.3. The van der Waals surface area contributed by atoms with Gasteiger partial charge in [-0.15, -0.1) is 0 Å². The summed E-state index contributed by atoms with van der Waals surface area (Å²) in [6.45, 7) is 24.4. The van der Waals surface area contributed by atoms with Crippen molar-refractivity contribution in [2.75, 3.05) is 9.80 Å². The molecule has 0 radical (unpaired) electrons. The standard InChI is InChI=1S/C67H42N8/c1-68-59-30-18-16-28-55(59)62-45-61(71-67(72-62)56-29-17-19-31-60(56)69-2)47-34-32-46(33-35-47)48-36-39-66(63(42-48)70-3)75-64-40-37-53(73(49-20-8-4-9-21-49)50-22-10-5-11-23-50)43-57(64)58-44-54(38-41-65(58)75)74(51-24-12-6-13-25-51)52-26-14-7-15-27-52/h4-45H. The molecule has 0 spiro atoms. The number of anilines is 6. The molecule has 8 heteroatoms. The van der Waals surface area contributed by atoms with E-state index in [-0.39, 0.29) is 0 Å². The maximum absolute atomic E-state index is 8.66. The minimum absolute atomic E-state index is 0.405. The van der Waals surface area contributed by atoms with Crippen molar-refractivity contribution in [1.29, 1.82) is 0 Å². The van der Waals surface area contributed by atoms with Gasteiger partial charge in [0.15, 0.2) is 11.4 Å². The molecule has 0 amide bonds. The molecule has 0 fully saturated rings. The van der Waals surface area contributed by atoms with Crippen molar-refractivity contribution in [2.45, 2.75) is 0 Å². The van der Waals surface area contributed by atoms with Crippen molar-refractivity contribution < 1.29 is 0 Å². The summed E-state index contributed by atoms with van der Waals surface area (Å²) in [7, 11) is 0. The van der Waals surface area contributed by atoms with Crippen LogP contribution in [0.2, 0.25) is 0 Å². The quantitative estimate of drug-likeness (QED) is 0.121. The second-order valence-corrected chi connectivity index (χ2v) is 17.9. The third-order valence-electron chi connectivity index (χ3n) is 13.4. The molecular weight excluding hydrogens is 917 g/mol. The Morgan fingerprint density at radius 2 is 0.733 bits per heavy atom. The second-order valence-electron chi connectivity index (χ2n) is 17.9. The van der Waals surface area contributed by atoms with Gasteiger partial charge in [-0.3, -0.25) is 0 Å². The Labute approximate surface area is 435 Å². The van der Waals surface area contributed by atoms with Gasteiger partial charge >= 0.3 is 0 Å². The Morgan fingerprint density at radius 3 is 1.23 bits per heavy atom. The van der Waals surface area contributed by atoms with Crippen LogP contribution in [0.4, 0.5) is 51.2 Å². The highest BCUT2D eigenvalue weighted by atomic mass is 15.2.